The molecule has 2 aromatic rings. The van der Waals surface area contributed by atoms with Gasteiger partial charge in [0.1, 0.15) is 0 Å². The van der Waals surface area contributed by atoms with Gasteiger partial charge in [0, 0.05) is 29.5 Å². The lowest BCUT2D eigenvalue weighted by atomic mass is 10.2. The zero-order valence-corrected chi connectivity index (χ0v) is 17.8. The second-order valence-electron chi connectivity index (χ2n) is 7.04. The first-order chi connectivity index (χ1) is 14.5. The molecule has 5 rings (SSSR count). The van der Waals surface area contributed by atoms with E-state index in [9.17, 15) is 15.0 Å². The molecule has 0 saturated heterocycles. The number of carbonyl (C=O) groups is 1. The van der Waals surface area contributed by atoms with E-state index >= 15 is 0 Å². The van der Waals surface area contributed by atoms with Gasteiger partial charge in [0.05, 0.1) is 21.4 Å². The molecular formula is C23H16N2O3S2-2. The average Bonchev–Trinajstić information content (AvgIpc) is 3.31. The Morgan fingerprint density at radius 2 is 1.20 bits per heavy atom. The molecule has 2 heterocycles. The zero-order chi connectivity index (χ0) is 21.0. The summed E-state index contributed by atoms with van der Waals surface area (Å²) in [7, 11) is 3.76. The van der Waals surface area contributed by atoms with Crippen molar-refractivity contribution in [1.82, 2.24) is 0 Å². The topological polar surface area (TPSA) is 69.7 Å². The van der Waals surface area contributed by atoms with Gasteiger partial charge in [0.15, 0.2) is 5.78 Å². The summed E-state index contributed by atoms with van der Waals surface area (Å²) in [5, 5.41) is 27.1. The van der Waals surface area contributed by atoms with Crippen molar-refractivity contribution >= 4 is 40.7 Å². The molecule has 0 amide bonds. The third-order valence-electron chi connectivity index (χ3n) is 5.26. The maximum absolute atomic E-state index is 13.0. The summed E-state index contributed by atoms with van der Waals surface area (Å²) < 4.78 is 0. The molecule has 30 heavy (non-hydrogen) atoms. The molecule has 1 aliphatic carbocycles. The minimum absolute atomic E-state index is 0.0721. The number of fused-ring (bicyclic) bond motifs is 2. The standard InChI is InChI=1S/C23H18N2O3S2/c1-24-15-7-3-5-9-17(15)29-19(24)11-13-21(26)14(23(28)22(13)27)12-20-25(2)16-8-4-6-10-18(16)30-20/h3-12,26H,1-2H3,(H,27,28)/p-2/b19-11+,20-12+. The maximum atomic E-state index is 13.0. The van der Waals surface area contributed by atoms with Crippen molar-refractivity contribution in [3.05, 3.63) is 93.4 Å². The van der Waals surface area contributed by atoms with Crippen molar-refractivity contribution in [1.29, 1.82) is 0 Å². The molecule has 150 valence electrons. The SMILES string of the molecule is CN1/C(=C\C2=C([O-])C(/C=C3/Sc4ccccc4N3C)=C([O-])C2=O)Sc2ccccc21. The molecule has 2 aromatic carbocycles. The number of para-hydroxylation sites is 2. The van der Waals surface area contributed by atoms with E-state index in [0.717, 1.165) is 31.2 Å². The molecule has 0 unspecified atom stereocenters. The van der Waals surface area contributed by atoms with Crippen LogP contribution in [-0.2, 0) is 4.79 Å². The fraction of sp³-hybridized carbons (Fsp3) is 0.0870. The number of thioether (sulfide) groups is 2. The van der Waals surface area contributed by atoms with Gasteiger partial charge in [-0.25, -0.2) is 0 Å². The van der Waals surface area contributed by atoms with Gasteiger partial charge in [-0.15, -0.1) is 0 Å². The third kappa shape index (κ3) is 2.85. The van der Waals surface area contributed by atoms with Crippen molar-refractivity contribution in [2.45, 2.75) is 9.79 Å². The summed E-state index contributed by atoms with van der Waals surface area (Å²) in [5.41, 5.74) is 1.87. The Balaban J connectivity index is 1.49. The molecule has 7 heteroatoms. The third-order valence-corrected chi connectivity index (χ3v) is 7.60. The Bertz CT molecular complexity index is 1230. The van der Waals surface area contributed by atoms with Gasteiger partial charge in [-0.1, -0.05) is 59.3 Å². The number of Topliss-reactive ketones (excluding diaryl/α,β-unsaturated/α-hetero) is 1. The molecule has 0 bridgehead atoms. The summed E-state index contributed by atoms with van der Waals surface area (Å²) in [6.45, 7) is 0. The minimum atomic E-state index is -0.743. The van der Waals surface area contributed by atoms with Crippen LogP contribution in [0.1, 0.15) is 0 Å². The Kier molecular flexibility index (Phi) is 4.45. The molecule has 5 nitrogen and oxygen atoms in total. The number of hydrogen-bond acceptors (Lipinski definition) is 7. The van der Waals surface area contributed by atoms with Crippen LogP contribution >= 0.6 is 23.5 Å². The van der Waals surface area contributed by atoms with Crippen LogP contribution < -0.4 is 20.0 Å². The second kappa shape index (κ2) is 7.04. The van der Waals surface area contributed by atoms with Crippen LogP contribution in [0.15, 0.2) is 103 Å². The minimum Gasteiger partial charge on any atom is -0.872 e. The molecule has 0 fully saturated rings. The number of carbonyl (C=O) groups excluding carboxylic acids is 1. The van der Waals surface area contributed by atoms with Crippen LogP contribution in [0.3, 0.4) is 0 Å². The van der Waals surface area contributed by atoms with Crippen LogP contribution in [0, 0.1) is 0 Å². The number of anilines is 2. The Morgan fingerprint density at radius 3 is 1.70 bits per heavy atom. The summed E-state index contributed by atoms with van der Waals surface area (Å²) in [6, 6.07) is 15.7. The van der Waals surface area contributed by atoms with Crippen molar-refractivity contribution < 1.29 is 15.0 Å². The lowest BCUT2D eigenvalue weighted by Crippen LogP contribution is -2.16. The smallest absolute Gasteiger partial charge is 0.178 e. The number of benzene rings is 2. The monoisotopic (exact) mass is 432 g/mol. The fourth-order valence-electron chi connectivity index (χ4n) is 3.60. The van der Waals surface area contributed by atoms with Crippen LogP contribution in [0.2, 0.25) is 0 Å². The predicted octanol–water partition coefficient (Wildman–Crippen LogP) is 2.96. The normalized spacial score (nSPS) is 20.8. The number of hydrogen-bond donors (Lipinski definition) is 0. The summed E-state index contributed by atoms with van der Waals surface area (Å²) in [6.07, 6.45) is 3.08. The Labute approximate surface area is 182 Å². The highest BCUT2D eigenvalue weighted by atomic mass is 32.2. The number of rotatable bonds is 2. The molecule has 2 aliphatic heterocycles. The maximum Gasteiger partial charge on any atom is 0.178 e. The number of nitrogens with zero attached hydrogens (tertiary/aromatic N) is 2. The lowest BCUT2D eigenvalue weighted by molar-refractivity contribution is -0.307. The van der Waals surface area contributed by atoms with E-state index < -0.39 is 17.3 Å². The fourth-order valence-corrected chi connectivity index (χ4v) is 5.79. The molecule has 0 radical (unpaired) electrons. The van der Waals surface area contributed by atoms with Gasteiger partial charge >= 0.3 is 0 Å². The number of ketones is 1. The van der Waals surface area contributed by atoms with Gasteiger partial charge < -0.3 is 20.0 Å². The molecule has 0 spiro atoms. The summed E-state index contributed by atoms with van der Waals surface area (Å²) >= 11 is 2.95. The highest BCUT2D eigenvalue weighted by molar-refractivity contribution is 8.04. The van der Waals surface area contributed by atoms with Crippen LogP contribution in [0.5, 0.6) is 0 Å². The first-order valence-electron chi connectivity index (χ1n) is 9.28. The molecule has 0 N–H and O–H groups in total. The van der Waals surface area contributed by atoms with Gasteiger partial charge in [-0.05, 0) is 42.0 Å². The van der Waals surface area contributed by atoms with E-state index in [0.29, 0.717) is 0 Å². The zero-order valence-electron chi connectivity index (χ0n) is 16.2. The van der Waals surface area contributed by atoms with Crippen molar-refractivity contribution in [3.8, 4) is 0 Å². The molecule has 0 aromatic heterocycles. The van der Waals surface area contributed by atoms with Crippen molar-refractivity contribution in [2.24, 2.45) is 0 Å². The average molecular weight is 433 g/mol. The quantitative estimate of drug-likeness (QED) is 0.723. The van der Waals surface area contributed by atoms with Crippen LogP contribution in [0.25, 0.3) is 0 Å². The predicted molar refractivity (Wildman–Crippen MR) is 117 cm³/mol. The summed E-state index contributed by atoms with van der Waals surface area (Å²) in [5.74, 6) is -2.00. The van der Waals surface area contributed by atoms with Gasteiger partial charge in [-0.2, -0.15) is 0 Å². The van der Waals surface area contributed by atoms with Crippen molar-refractivity contribution in [2.75, 3.05) is 23.9 Å². The van der Waals surface area contributed by atoms with E-state index in [2.05, 4.69) is 0 Å². The molecular weight excluding hydrogens is 416 g/mol. The van der Waals surface area contributed by atoms with Crippen molar-refractivity contribution in [3.63, 3.8) is 0 Å². The van der Waals surface area contributed by atoms with E-state index in [1.54, 1.807) is 12.2 Å². The first kappa shape index (κ1) is 19.0. The second-order valence-corrected chi connectivity index (χ2v) is 9.16. The largest absolute Gasteiger partial charge is 0.872 e. The molecule has 0 atom stereocenters. The van der Waals surface area contributed by atoms with Gasteiger partial charge in [-0.3, -0.25) is 4.79 Å². The summed E-state index contributed by atoms with van der Waals surface area (Å²) in [4.78, 5) is 18.6. The molecule has 3 aliphatic rings. The Hall–Kier alpha value is -3.03. The molecule has 0 saturated carbocycles. The first-order valence-corrected chi connectivity index (χ1v) is 10.9. The van der Waals surface area contributed by atoms with E-state index in [1.807, 2.05) is 72.4 Å². The van der Waals surface area contributed by atoms with Crippen LogP contribution in [-0.4, -0.2) is 19.9 Å². The van der Waals surface area contributed by atoms with Crippen LogP contribution in [0.4, 0.5) is 11.4 Å². The lowest BCUT2D eigenvalue weighted by Gasteiger charge is -2.18. The van der Waals surface area contributed by atoms with E-state index in [-0.39, 0.29) is 11.1 Å². The number of allylic oxidation sites excluding steroid dienone is 3. The van der Waals surface area contributed by atoms with E-state index in [1.165, 1.54) is 23.5 Å². The Morgan fingerprint density at radius 1 is 0.733 bits per heavy atom. The highest BCUT2D eigenvalue weighted by Crippen LogP contribution is 2.47. The highest BCUT2D eigenvalue weighted by Gasteiger charge is 2.27. The van der Waals surface area contributed by atoms with E-state index in [4.69, 9.17) is 0 Å². The van der Waals surface area contributed by atoms with Gasteiger partial charge in [0.2, 0.25) is 0 Å². The van der Waals surface area contributed by atoms with Gasteiger partial charge in [0.25, 0.3) is 0 Å².